The van der Waals surface area contributed by atoms with E-state index in [0.717, 1.165) is 36.8 Å². The van der Waals surface area contributed by atoms with Crippen LogP contribution in [0.4, 0.5) is 0 Å². The fourth-order valence-corrected chi connectivity index (χ4v) is 6.55. The van der Waals surface area contributed by atoms with E-state index in [9.17, 15) is 13.2 Å². The maximum Gasteiger partial charge on any atom is 0.253 e. The predicted molar refractivity (Wildman–Crippen MR) is 101 cm³/mol. The van der Waals surface area contributed by atoms with E-state index in [1.54, 1.807) is 17.5 Å². The number of carbonyl (C=O) groups is 1. The summed E-state index contributed by atoms with van der Waals surface area (Å²) in [6, 6.07) is 10.6. The average Bonchev–Trinajstić information content (AvgIpc) is 3.34. The highest BCUT2D eigenvalue weighted by Gasteiger charge is 2.40. The molecule has 2 heterocycles. The topological polar surface area (TPSA) is 66.5 Å². The molecule has 0 spiro atoms. The third-order valence-electron chi connectivity index (χ3n) is 5.27. The molecule has 1 saturated carbocycles. The summed E-state index contributed by atoms with van der Waals surface area (Å²) in [5, 5.41) is 4.83. The summed E-state index contributed by atoms with van der Waals surface area (Å²) in [6.45, 7) is 0.235. The molecule has 1 N–H and O–H groups in total. The number of rotatable bonds is 4. The Hall–Kier alpha value is -1.70. The van der Waals surface area contributed by atoms with Gasteiger partial charge in [0.25, 0.3) is 10.0 Å². The minimum absolute atomic E-state index is 0.172. The molecular weight excluding hydrogens is 368 g/mol. The fourth-order valence-electron chi connectivity index (χ4n) is 3.87. The zero-order valence-electron chi connectivity index (χ0n) is 14.4. The summed E-state index contributed by atoms with van der Waals surface area (Å²) in [6.07, 6.45) is 4.62. The standard InChI is InChI=1S/C19H22N2O3S2/c22-19(20-16-8-3-4-9-16)17-12-14-6-1-2-7-15(14)13-21(17)26(23,24)18-10-5-11-25-18/h1-2,5-7,10-11,16-17H,3-4,8-9,12-13H2,(H,20,22)/t17-/m1/s1. The third-order valence-corrected chi connectivity index (χ3v) is 8.50. The quantitative estimate of drug-likeness (QED) is 0.873. The van der Waals surface area contributed by atoms with Crippen molar-refractivity contribution < 1.29 is 13.2 Å². The molecule has 0 bridgehead atoms. The zero-order valence-corrected chi connectivity index (χ0v) is 16.1. The first-order chi connectivity index (χ1) is 12.6. The first kappa shape index (κ1) is 17.7. The predicted octanol–water partition coefficient (Wildman–Crippen LogP) is 2.92. The molecule has 1 amide bonds. The van der Waals surface area contributed by atoms with Crippen molar-refractivity contribution >= 4 is 27.3 Å². The maximum absolute atomic E-state index is 13.2. The summed E-state index contributed by atoms with van der Waals surface area (Å²) in [5.41, 5.74) is 2.02. The van der Waals surface area contributed by atoms with E-state index in [1.165, 1.54) is 15.6 Å². The van der Waals surface area contributed by atoms with E-state index >= 15 is 0 Å². The average molecular weight is 391 g/mol. The highest BCUT2D eigenvalue weighted by Crippen LogP contribution is 2.31. The third kappa shape index (κ3) is 3.31. The Morgan fingerprint density at radius 2 is 1.81 bits per heavy atom. The molecule has 0 radical (unpaired) electrons. The second-order valence-electron chi connectivity index (χ2n) is 6.96. The molecule has 5 nitrogen and oxygen atoms in total. The normalized spacial score (nSPS) is 21.5. The van der Waals surface area contributed by atoms with Gasteiger partial charge in [-0.1, -0.05) is 43.2 Å². The van der Waals surface area contributed by atoms with Crippen molar-refractivity contribution in [1.29, 1.82) is 0 Å². The van der Waals surface area contributed by atoms with Crippen LogP contribution in [0.3, 0.4) is 0 Å². The SMILES string of the molecule is O=C(NC1CCCC1)[C@H]1Cc2ccccc2CN1S(=O)(=O)c1cccs1. The molecule has 1 atom stereocenters. The van der Waals surface area contributed by atoms with Crippen molar-refractivity contribution in [2.45, 2.75) is 54.9 Å². The van der Waals surface area contributed by atoms with Gasteiger partial charge in [-0.25, -0.2) is 8.42 Å². The van der Waals surface area contributed by atoms with Crippen LogP contribution in [0.5, 0.6) is 0 Å². The van der Waals surface area contributed by atoms with E-state index in [-0.39, 0.29) is 22.7 Å². The number of thiophene rings is 1. The number of hydrogen-bond donors (Lipinski definition) is 1. The molecule has 1 aromatic carbocycles. The number of sulfonamides is 1. The van der Waals surface area contributed by atoms with Gasteiger partial charge in [-0.05, 0) is 41.8 Å². The van der Waals surface area contributed by atoms with Gasteiger partial charge >= 0.3 is 0 Å². The van der Waals surface area contributed by atoms with Crippen LogP contribution < -0.4 is 5.32 Å². The lowest BCUT2D eigenvalue weighted by molar-refractivity contribution is -0.125. The van der Waals surface area contributed by atoms with Gasteiger partial charge in [0.05, 0.1) is 0 Å². The summed E-state index contributed by atoms with van der Waals surface area (Å²) in [5.74, 6) is -0.175. The molecular formula is C19H22N2O3S2. The smallest absolute Gasteiger partial charge is 0.253 e. The number of hydrogen-bond acceptors (Lipinski definition) is 4. The number of carbonyl (C=O) groups excluding carboxylic acids is 1. The minimum atomic E-state index is -3.70. The molecule has 1 fully saturated rings. The van der Waals surface area contributed by atoms with Crippen LogP contribution in [0.25, 0.3) is 0 Å². The van der Waals surface area contributed by atoms with Crippen molar-refractivity contribution in [3.8, 4) is 0 Å². The van der Waals surface area contributed by atoms with E-state index in [2.05, 4.69) is 5.32 Å². The van der Waals surface area contributed by atoms with Gasteiger partial charge in [0.2, 0.25) is 5.91 Å². The number of nitrogens with one attached hydrogen (secondary N) is 1. The van der Waals surface area contributed by atoms with Crippen LogP contribution in [0.15, 0.2) is 46.0 Å². The lowest BCUT2D eigenvalue weighted by Crippen LogP contribution is -2.53. The first-order valence-corrected chi connectivity index (χ1v) is 11.3. The number of nitrogens with zero attached hydrogens (tertiary/aromatic N) is 1. The monoisotopic (exact) mass is 390 g/mol. The van der Waals surface area contributed by atoms with E-state index in [1.807, 2.05) is 24.3 Å². The Morgan fingerprint density at radius 3 is 2.50 bits per heavy atom. The van der Waals surface area contributed by atoms with Gasteiger partial charge in [-0.2, -0.15) is 4.31 Å². The second-order valence-corrected chi connectivity index (χ2v) is 10.0. The Kier molecular flexibility index (Phi) is 4.86. The highest BCUT2D eigenvalue weighted by atomic mass is 32.2. The molecule has 7 heteroatoms. The van der Waals surface area contributed by atoms with Crippen LogP contribution in [-0.4, -0.2) is 30.7 Å². The molecule has 0 unspecified atom stereocenters. The van der Waals surface area contributed by atoms with Crippen molar-refractivity contribution in [3.05, 3.63) is 52.9 Å². The first-order valence-electron chi connectivity index (χ1n) is 8.98. The van der Waals surface area contributed by atoms with Gasteiger partial charge in [0.15, 0.2) is 0 Å². The lowest BCUT2D eigenvalue weighted by Gasteiger charge is -2.35. The summed E-state index contributed by atoms with van der Waals surface area (Å²) in [7, 11) is -3.70. The second kappa shape index (κ2) is 7.13. The van der Waals surface area contributed by atoms with Crippen LogP contribution in [0.1, 0.15) is 36.8 Å². The van der Waals surface area contributed by atoms with Crippen molar-refractivity contribution in [3.63, 3.8) is 0 Å². The molecule has 138 valence electrons. The highest BCUT2D eigenvalue weighted by molar-refractivity contribution is 7.91. The van der Waals surface area contributed by atoms with E-state index in [4.69, 9.17) is 0 Å². The number of benzene rings is 1. The molecule has 1 aliphatic carbocycles. The molecule has 2 aromatic rings. The van der Waals surface area contributed by atoms with E-state index < -0.39 is 16.1 Å². The van der Waals surface area contributed by atoms with Crippen LogP contribution >= 0.6 is 11.3 Å². The Labute approximate surface area is 158 Å². The van der Waals surface area contributed by atoms with E-state index in [0.29, 0.717) is 6.42 Å². The van der Waals surface area contributed by atoms with Crippen molar-refractivity contribution in [2.24, 2.45) is 0 Å². The molecule has 26 heavy (non-hydrogen) atoms. The zero-order chi connectivity index (χ0) is 18.1. The number of fused-ring (bicyclic) bond motifs is 1. The minimum Gasteiger partial charge on any atom is -0.352 e. The summed E-state index contributed by atoms with van der Waals surface area (Å²) < 4.78 is 28.0. The van der Waals surface area contributed by atoms with Gasteiger partial charge in [-0.15, -0.1) is 11.3 Å². The van der Waals surface area contributed by atoms with Gasteiger partial charge in [0, 0.05) is 12.6 Å². The summed E-state index contributed by atoms with van der Waals surface area (Å²) >= 11 is 1.19. The van der Waals surface area contributed by atoms with Crippen LogP contribution in [0, 0.1) is 0 Å². The van der Waals surface area contributed by atoms with Gasteiger partial charge in [0.1, 0.15) is 10.3 Å². The molecule has 4 rings (SSSR count). The molecule has 2 aliphatic rings. The molecule has 0 saturated heterocycles. The molecule has 1 aliphatic heterocycles. The Balaban J connectivity index is 1.67. The Morgan fingerprint density at radius 1 is 1.08 bits per heavy atom. The van der Waals surface area contributed by atoms with Gasteiger partial charge in [-0.3, -0.25) is 4.79 Å². The van der Waals surface area contributed by atoms with Crippen molar-refractivity contribution in [1.82, 2.24) is 9.62 Å². The maximum atomic E-state index is 13.2. The fraction of sp³-hybridized carbons (Fsp3) is 0.421. The van der Waals surface area contributed by atoms with Gasteiger partial charge < -0.3 is 5.32 Å². The van der Waals surface area contributed by atoms with Crippen molar-refractivity contribution in [2.75, 3.05) is 0 Å². The molecule has 1 aromatic heterocycles. The van der Waals surface area contributed by atoms with Crippen LogP contribution in [-0.2, 0) is 27.8 Å². The largest absolute Gasteiger partial charge is 0.352 e. The summed E-state index contributed by atoms with van der Waals surface area (Å²) in [4.78, 5) is 13.0. The van der Waals surface area contributed by atoms with Crippen LogP contribution in [0.2, 0.25) is 0 Å². The Bertz CT molecular complexity index is 887. The lowest BCUT2D eigenvalue weighted by atomic mass is 9.95. The number of amides is 1.